The normalized spacial score (nSPS) is 14.1. The van der Waals surface area contributed by atoms with Gasteiger partial charge in [-0.15, -0.1) is 0 Å². The van der Waals surface area contributed by atoms with E-state index in [0.29, 0.717) is 15.8 Å². The topological polar surface area (TPSA) is 58.6 Å². The monoisotopic (exact) mass is 329 g/mol. The summed E-state index contributed by atoms with van der Waals surface area (Å²) in [7, 11) is 1.57. The van der Waals surface area contributed by atoms with Crippen molar-refractivity contribution < 1.29 is 14.6 Å². The Kier molecular flexibility index (Phi) is 5.38. The molecule has 19 heavy (non-hydrogen) atoms. The highest BCUT2D eigenvalue weighted by atomic mass is 79.9. The molecule has 1 rings (SSSR count). The van der Waals surface area contributed by atoms with E-state index in [2.05, 4.69) is 21.2 Å². The van der Waals surface area contributed by atoms with Gasteiger partial charge in [0.15, 0.2) is 0 Å². The first kappa shape index (κ1) is 16.0. The molecule has 5 heteroatoms. The zero-order chi connectivity index (χ0) is 14.6. The second kappa shape index (κ2) is 6.39. The molecule has 106 valence electrons. The summed E-state index contributed by atoms with van der Waals surface area (Å²) in [6.07, 6.45) is 0. The van der Waals surface area contributed by atoms with Crippen LogP contribution >= 0.6 is 15.9 Å². The van der Waals surface area contributed by atoms with Gasteiger partial charge in [-0.3, -0.25) is 4.79 Å². The number of nitrogens with one attached hydrogen (secondary N) is 1. The van der Waals surface area contributed by atoms with E-state index in [0.717, 1.165) is 0 Å². The average molecular weight is 330 g/mol. The van der Waals surface area contributed by atoms with Crippen molar-refractivity contribution in [2.45, 2.75) is 26.4 Å². The smallest absolute Gasteiger partial charge is 0.252 e. The van der Waals surface area contributed by atoms with Crippen LogP contribution in [0.2, 0.25) is 0 Å². The van der Waals surface area contributed by atoms with E-state index in [-0.39, 0.29) is 18.4 Å². The maximum atomic E-state index is 12.0. The maximum Gasteiger partial charge on any atom is 0.252 e. The minimum Gasteiger partial charge on any atom is -0.497 e. The van der Waals surface area contributed by atoms with Crippen molar-refractivity contribution in [3.63, 3.8) is 0 Å². The molecule has 0 saturated carbocycles. The summed E-state index contributed by atoms with van der Waals surface area (Å²) in [5.74, 6) is 0.514. The number of methoxy groups -OCH3 is 1. The van der Waals surface area contributed by atoms with Crippen LogP contribution in [0.5, 0.6) is 5.75 Å². The van der Waals surface area contributed by atoms with Crippen molar-refractivity contribution in [2.75, 3.05) is 13.7 Å². The van der Waals surface area contributed by atoms with Gasteiger partial charge < -0.3 is 15.2 Å². The van der Waals surface area contributed by atoms with Crippen molar-refractivity contribution in [3.05, 3.63) is 28.2 Å². The lowest BCUT2D eigenvalue weighted by Gasteiger charge is -2.27. The van der Waals surface area contributed by atoms with Crippen LogP contribution in [0.1, 0.15) is 31.1 Å². The molecule has 0 aliphatic rings. The summed E-state index contributed by atoms with van der Waals surface area (Å²) < 4.78 is 5.73. The van der Waals surface area contributed by atoms with Gasteiger partial charge in [-0.05, 0) is 47.0 Å². The van der Waals surface area contributed by atoms with Crippen molar-refractivity contribution >= 4 is 21.8 Å². The first-order chi connectivity index (χ1) is 8.77. The number of ether oxygens (including phenoxy) is 1. The third-order valence-corrected chi connectivity index (χ3v) is 3.93. The van der Waals surface area contributed by atoms with Crippen LogP contribution in [0.15, 0.2) is 22.7 Å². The van der Waals surface area contributed by atoms with Gasteiger partial charge in [0, 0.05) is 11.0 Å². The number of halogens is 1. The highest BCUT2D eigenvalue weighted by Crippen LogP contribution is 2.23. The molecule has 1 amide bonds. The van der Waals surface area contributed by atoms with Crippen LogP contribution in [0.3, 0.4) is 0 Å². The Hall–Kier alpha value is -1.07. The van der Waals surface area contributed by atoms with Gasteiger partial charge in [0.1, 0.15) is 5.75 Å². The van der Waals surface area contributed by atoms with Gasteiger partial charge in [-0.1, -0.05) is 13.8 Å². The molecule has 1 aromatic carbocycles. The molecule has 0 radical (unpaired) electrons. The average Bonchev–Trinajstić information content (AvgIpc) is 2.35. The van der Waals surface area contributed by atoms with E-state index < -0.39 is 5.60 Å². The fourth-order valence-corrected chi connectivity index (χ4v) is 1.90. The summed E-state index contributed by atoms with van der Waals surface area (Å²) in [6.45, 7) is 5.74. The molecule has 0 bridgehead atoms. The Morgan fingerprint density at radius 2 is 2.16 bits per heavy atom. The lowest BCUT2D eigenvalue weighted by atomic mass is 9.92. The Bertz CT molecular complexity index is 458. The summed E-state index contributed by atoms with van der Waals surface area (Å²) in [5.41, 5.74) is -0.408. The van der Waals surface area contributed by atoms with E-state index in [1.54, 1.807) is 32.2 Å². The van der Waals surface area contributed by atoms with Gasteiger partial charge in [0.25, 0.3) is 5.91 Å². The second-order valence-electron chi connectivity index (χ2n) is 5.04. The van der Waals surface area contributed by atoms with Crippen LogP contribution in [-0.4, -0.2) is 30.3 Å². The number of carbonyl (C=O) groups is 1. The zero-order valence-corrected chi connectivity index (χ0v) is 13.2. The molecule has 1 atom stereocenters. The van der Waals surface area contributed by atoms with Crippen LogP contribution in [0.4, 0.5) is 0 Å². The van der Waals surface area contributed by atoms with E-state index in [1.165, 1.54) is 0 Å². The van der Waals surface area contributed by atoms with Crippen LogP contribution < -0.4 is 10.1 Å². The van der Waals surface area contributed by atoms with Crippen molar-refractivity contribution in [2.24, 2.45) is 5.92 Å². The summed E-state index contributed by atoms with van der Waals surface area (Å²) >= 11 is 3.33. The second-order valence-corrected chi connectivity index (χ2v) is 5.89. The molecule has 0 fully saturated rings. The third kappa shape index (κ3) is 4.21. The van der Waals surface area contributed by atoms with E-state index in [4.69, 9.17) is 4.74 Å². The van der Waals surface area contributed by atoms with Gasteiger partial charge in [0.2, 0.25) is 0 Å². The minimum absolute atomic E-state index is 0.0621. The van der Waals surface area contributed by atoms with Crippen LogP contribution in [0.25, 0.3) is 0 Å². The van der Waals surface area contributed by atoms with Gasteiger partial charge in [-0.25, -0.2) is 0 Å². The van der Waals surface area contributed by atoms with Crippen molar-refractivity contribution in [1.82, 2.24) is 5.32 Å². The van der Waals surface area contributed by atoms with Crippen LogP contribution in [-0.2, 0) is 0 Å². The molecule has 1 aromatic rings. The fraction of sp³-hybridized carbons (Fsp3) is 0.500. The van der Waals surface area contributed by atoms with Gasteiger partial charge in [0.05, 0.1) is 18.3 Å². The molecule has 2 N–H and O–H groups in total. The number of hydrogen-bond donors (Lipinski definition) is 2. The molecule has 0 heterocycles. The van der Waals surface area contributed by atoms with E-state index in [9.17, 15) is 9.90 Å². The SMILES string of the molecule is COc1ccc(C(=O)NCC(C)(O)C(C)C)c(Br)c1. The molecule has 0 aliphatic heterocycles. The Morgan fingerprint density at radius 3 is 2.63 bits per heavy atom. The molecule has 0 aromatic heterocycles. The Labute approximate surface area is 122 Å². The maximum absolute atomic E-state index is 12.0. The predicted octanol–water partition coefficient (Wildman–Crippen LogP) is 2.59. The number of amides is 1. The largest absolute Gasteiger partial charge is 0.497 e. The quantitative estimate of drug-likeness (QED) is 0.872. The van der Waals surface area contributed by atoms with Crippen molar-refractivity contribution in [1.29, 1.82) is 0 Å². The zero-order valence-electron chi connectivity index (χ0n) is 11.7. The minimum atomic E-state index is -0.922. The first-order valence-electron chi connectivity index (χ1n) is 6.12. The fourth-order valence-electron chi connectivity index (χ4n) is 1.37. The predicted molar refractivity (Wildman–Crippen MR) is 78.5 cm³/mol. The Balaban J connectivity index is 2.74. The molecule has 0 spiro atoms. The molecular formula is C14H20BrNO3. The molecule has 0 saturated heterocycles. The molecule has 4 nitrogen and oxygen atoms in total. The molecule has 0 aliphatic carbocycles. The molecular weight excluding hydrogens is 310 g/mol. The number of benzene rings is 1. The number of aliphatic hydroxyl groups is 1. The highest BCUT2D eigenvalue weighted by Gasteiger charge is 2.25. The van der Waals surface area contributed by atoms with Gasteiger partial charge >= 0.3 is 0 Å². The van der Waals surface area contributed by atoms with E-state index >= 15 is 0 Å². The lowest BCUT2D eigenvalue weighted by molar-refractivity contribution is 0.0142. The number of hydrogen-bond acceptors (Lipinski definition) is 3. The summed E-state index contributed by atoms with van der Waals surface area (Å²) in [4.78, 5) is 12.0. The van der Waals surface area contributed by atoms with Crippen LogP contribution in [0, 0.1) is 5.92 Å². The molecule has 1 unspecified atom stereocenters. The number of rotatable bonds is 5. The third-order valence-electron chi connectivity index (χ3n) is 3.27. The summed E-state index contributed by atoms with van der Waals surface area (Å²) in [6, 6.07) is 5.14. The van der Waals surface area contributed by atoms with Gasteiger partial charge in [-0.2, -0.15) is 0 Å². The standard InChI is InChI=1S/C14H20BrNO3/c1-9(2)14(3,18)8-16-13(17)11-6-5-10(19-4)7-12(11)15/h5-7,9,18H,8H2,1-4H3,(H,16,17). The number of carbonyl (C=O) groups excluding carboxylic acids is 1. The summed E-state index contributed by atoms with van der Waals surface area (Å²) in [5, 5.41) is 12.8. The lowest BCUT2D eigenvalue weighted by Crippen LogP contribution is -2.44. The Morgan fingerprint density at radius 1 is 1.53 bits per heavy atom. The highest BCUT2D eigenvalue weighted by molar-refractivity contribution is 9.10. The first-order valence-corrected chi connectivity index (χ1v) is 6.91. The van der Waals surface area contributed by atoms with E-state index in [1.807, 2.05) is 13.8 Å². The van der Waals surface area contributed by atoms with Crippen molar-refractivity contribution in [3.8, 4) is 5.75 Å².